The molecule has 5 heteroatoms. The van der Waals surface area contributed by atoms with Gasteiger partial charge in [-0.1, -0.05) is 6.07 Å². The minimum atomic E-state index is 0.258. The molecule has 2 aromatic carbocycles. The number of hydrogen-bond acceptors (Lipinski definition) is 4. The third-order valence-electron chi connectivity index (χ3n) is 2.80. The lowest BCUT2D eigenvalue weighted by Crippen LogP contribution is -1.96. The van der Waals surface area contributed by atoms with Crippen LogP contribution in [0.1, 0.15) is 5.56 Å². The van der Waals surface area contributed by atoms with E-state index in [-0.39, 0.29) is 6.79 Å². The summed E-state index contributed by atoms with van der Waals surface area (Å²) < 4.78 is 17.2. The molecule has 0 atom stereocenters. The van der Waals surface area contributed by atoms with E-state index in [1.54, 1.807) is 0 Å². The maximum atomic E-state index is 5.81. The van der Waals surface area contributed by atoms with Crippen LogP contribution in [-0.2, 0) is 6.54 Å². The van der Waals surface area contributed by atoms with Crippen LogP contribution in [0.4, 0.5) is 0 Å². The molecule has 2 aromatic rings. The molecule has 0 radical (unpaired) electrons. The van der Waals surface area contributed by atoms with E-state index in [1.807, 2.05) is 36.4 Å². The standard InChI is InChI=1S/C14H12BrNO3/c15-11-5-9(7-16)1-3-12(11)19-10-2-4-13-14(6-10)18-8-17-13/h1-6H,7-8,16H2. The normalized spacial score (nSPS) is 12.5. The highest BCUT2D eigenvalue weighted by atomic mass is 79.9. The lowest BCUT2D eigenvalue weighted by molar-refractivity contribution is 0.174. The van der Waals surface area contributed by atoms with Crippen molar-refractivity contribution in [2.24, 2.45) is 5.73 Å². The number of benzene rings is 2. The third-order valence-corrected chi connectivity index (χ3v) is 3.42. The molecule has 98 valence electrons. The lowest BCUT2D eigenvalue weighted by atomic mass is 10.2. The summed E-state index contributed by atoms with van der Waals surface area (Å²) in [7, 11) is 0. The van der Waals surface area contributed by atoms with Crippen LogP contribution in [0.3, 0.4) is 0 Å². The number of nitrogens with two attached hydrogens (primary N) is 1. The Hall–Kier alpha value is -1.72. The maximum absolute atomic E-state index is 5.81. The SMILES string of the molecule is NCc1ccc(Oc2ccc3c(c2)OCO3)c(Br)c1. The zero-order valence-corrected chi connectivity index (χ0v) is 11.6. The highest BCUT2D eigenvalue weighted by molar-refractivity contribution is 9.10. The van der Waals surface area contributed by atoms with Gasteiger partial charge >= 0.3 is 0 Å². The van der Waals surface area contributed by atoms with Crippen molar-refractivity contribution < 1.29 is 14.2 Å². The predicted molar refractivity (Wildman–Crippen MR) is 74.7 cm³/mol. The number of hydrogen-bond donors (Lipinski definition) is 1. The van der Waals surface area contributed by atoms with E-state index >= 15 is 0 Å². The minimum Gasteiger partial charge on any atom is -0.456 e. The maximum Gasteiger partial charge on any atom is 0.231 e. The van der Waals surface area contributed by atoms with Crippen molar-refractivity contribution >= 4 is 15.9 Å². The van der Waals surface area contributed by atoms with E-state index in [4.69, 9.17) is 19.9 Å². The Bertz CT molecular complexity index is 616. The Morgan fingerprint density at radius 2 is 1.95 bits per heavy atom. The molecular formula is C14H12BrNO3. The first-order chi connectivity index (χ1) is 9.26. The average Bonchev–Trinajstić information content (AvgIpc) is 2.88. The van der Waals surface area contributed by atoms with Crippen LogP contribution < -0.4 is 19.9 Å². The van der Waals surface area contributed by atoms with Crippen molar-refractivity contribution in [3.8, 4) is 23.0 Å². The molecule has 3 rings (SSSR count). The minimum absolute atomic E-state index is 0.258. The molecule has 4 nitrogen and oxygen atoms in total. The van der Waals surface area contributed by atoms with E-state index < -0.39 is 0 Å². The first kappa shape index (κ1) is 12.3. The van der Waals surface area contributed by atoms with Crippen LogP contribution in [-0.4, -0.2) is 6.79 Å². The van der Waals surface area contributed by atoms with Crippen molar-refractivity contribution in [3.63, 3.8) is 0 Å². The molecule has 0 saturated carbocycles. The molecule has 0 bridgehead atoms. The Morgan fingerprint density at radius 1 is 1.11 bits per heavy atom. The van der Waals surface area contributed by atoms with Crippen LogP contribution in [0.5, 0.6) is 23.0 Å². The van der Waals surface area contributed by atoms with Gasteiger partial charge in [0.05, 0.1) is 4.47 Å². The van der Waals surface area contributed by atoms with Gasteiger partial charge in [-0.15, -0.1) is 0 Å². The van der Waals surface area contributed by atoms with Gasteiger partial charge in [0.25, 0.3) is 0 Å². The second-order valence-electron chi connectivity index (χ2n) is 4.09. The van der Waals surface area contributed by atoms with E-state index in [0.29, 0.717) is 18.0 Å². The number of rotatable bonds is 3. The van der Waals surface area contributed by atoms with Gasteiger partial charge in [0.15, 0.2) is 11.5 Å². The monoisotopic (exact) mass is 321 g/mol. The highest BCUT2D eigenvalue weighted by Crippen LogP contribution is 2.38. The summed E-state index contributed by atoms with van der Waals surface area (Å²) in [5.74, 6) is 2.87. The van der Waals surface area contributed by atoms with E-state index in [9.17, 15) is 0 Å². The molecule has 1 aliphatic heterocycles. The second-order valence-corrected chi connectivity index (χ2v) is 4.94. The molecule has 2 N–H and O–H groups in total. The van der Waals surface area contributed by atoms with E-state index in [0.717, 1.165) is 21.5 Å². The molecule has 0 unspecified atom stereocenters. The Labute approximate surface area is 119 Å². The topological polar surface area (TPSA) is 53.7 Å². The molecule has 0 saturated heterocycles. The molecule has 0 aromatic heterocycles. The molecular weight excluding hydrogens is 310 g/mol. The smallest absolute Gasteiger partial charge is 0.231 e. The first-order valence-corrected chi connectivity index (χ1v) is 6.61. The van der Waals surface area contributed by atoms with E-state index in [2.05, 4.69) is 15.9 Å². The van der Waals surface area contributed by atoms with Crippen molar-refractivity contribution in [2.45, 2.75) is 6.54 Å². The van der Waals surface area contributed by atoms with Gasteiger partial charge in [0.2, 0.25) is 6.79 Å². The lowest BCUT2D eigenvalue weighted by Gasteiger charge is -2.09. The van der Waals surface area contributed by atoms with Crippen LogP contribution in [0.15, 0.2) is 40.9 Å². The summed E-state index contributed by atoms with van der Waals surface area (Å²) in [6.07, 6.45) is 0. The molecule has 19 heavy (non-hydrogen) atoms. The van der Waals surface area contributed by atoms with Crippen LogP contribution in [0.25, 0.3) is 0 Å². The Balaban J connectivity index is 1.85. The zero-order valence-electron chi connectivity index (χ0n) is 10.1. The average molecular weight is 322 g/mol. The summed E-state index contributed by atoms with van der Waals surface area (Å²) in [6.45, 7) is 0.760. The highest BCUT2D eigenvalue weighted by Gasteiger charge is 2.14. The number of halogens is 1. The van der Waals surface area contributed by atoms with Crippen LogP contribution in [0.2, 0.25) is 0 Å². The predicted octanol–water partition coefficient (Wildman–Crippen LogP) is 3.43. The zero-order chi connectivity index (χ0) is 13.2. The quantitative estimate of drug-likeness (QED) is 0.941. The van der Waals surface area contributed by atoms with Crippen molar-refractivity contribution in [2.75, 3.05) is 6.79 Å². The summed E-state index contributed by atoms with van der Waals surface area (Å²) in [5, 5.41) is 0. The summed E-state index contributed by atoms with van der Waals surface area (Å²) >= 11 is 3.47. The fraction of sp³-hybridized carbons (Fsp3) is 0.143. The molecule has 0 fully saturated rings. The fourth-order valence-electron chi connectivity index (χ4n) is 1.82. The second kappa shape index (κ2) is 5.11. The van der Waals surface area contributed by atoms with Crippen molar-refractivity contribution in [1.29, 1.82) is 0 Å². The van der Waals surface area contributed by atoms with Gasteiger partial charge in [-0.2, -0.15) is 0 Å². The van der Waals surface area contributed by atoms with E-state index in [1.165, 1.54) is 0 Å². The van der Waals surface area contributed by atoms with Crippen LogP contribution in [0, 0.1) is 0 Å². The third kappa shape index (κ3) is 2.52. The molecule has 0 amide bonds. The van der Waals surface area contributed by atoms with Gasteiger partial charge in [0, 0.05) is 12.6 Å². The molecule has 1 heterocycles. The number of fused-ring (bicyclic) bond motifs is 1. The van der Waals surface area contributed by atoms with Gasteiger partial charge in [-0.25, -0.2) is 0 Å². The van der Waals surface area contributed by atoms with Crippen molar-refractivity contribution in [3.05, 3.63) is 46.4 Å². The number of ether oxygens (including phenoxy) is 3. The Morgan fingerprint density at radius 3 is 2.74 bits per heavy atom. The molecule has 0 spiro atoms. The van der Waals surface area contributed by atoms with Gasteiger partial charge in [-0.3, -0.25) is 0 Å². The van der Waals surface area contributed by atoms with Gasteiger partial charge < -0.3 is 19.9 Å². The summed E-state index contributed by atoms with van der Waals surface area (Å²) in [4.78, 5) is 0. The summed E-state index contributed by atoms with van der Waals surface area (Å²) in [6, 6.07) is 11.3. The summed E-state index contributed by atoms with van der Waals surface area (Å²) in [5.41, 5.74) is 6.64. The van der Waals surface area contributed by atoms with Crippen LogP contribution >= 0.6 is 15.9 Å². The van der Waals surface area contributed by atoms with Crippen molar-refractivity contribution in [1.82, 2.24) is 0 Å². The molecule has 0 aliphatic carbocycles. The fourth-order valence-corrected chi connectivity index (χ4v) is 2.33. The largest absolute Gasteiger partial charge is 0.456 e. The first-order valence-electron chi connectivity index (χ1n) is 5.82. The molecule has 1 aliphatic rings. The van der Waals surface area contributed by atoms with Gasteiger partial charge in [-0.05, 0) is 45.8 Å². The Kier molecular flexibility index (Phi) is 3.31. The van der Waals surface area contributed by atoms with Gasteiger partial charge in [0.1, 0.15) is 11.5 Å².